The molecule has 1 aromatic carbocycles. The molecule has 0 amide bonds. The van der Waals surface area contributed by atoms with E-state index in [2.05, 4.69) is 20.6 Å². The van der Waals surface area contributed by atoms with Crippen LogP contribution < -0.4 is 10.6 Å². The van der Waals surface area contributed by atoms with Crippen LogP contribution in [0.1, 0.15) is 17.5 Å². The van der Waals surface area contributed by atoms with Crippen LogP contribution in [0.3, 0.4) is 0 Å². The van der Waals surface area contributed by atoms with E-state index in [4.69, 9.17) is 0 Å². The minimum absolute atomic E-state index is 0. The quantitative estimate of drug-likeness (QED) is 0.276. The highest BCUT2D eigenvalue weighted by atomic mass is 127. The second-order valence-corrected chi connectivity index (χ2v) is 5.52. The van der Waals surface area contributed by atoms with E-state index in [9.17, 15) is 13.2 Å². The highest BCUT2D eigenvalue weighted by molar-refractivity contribution is 14.0. The number of aliphatic imine (C=N–C) groups is 1. The summed E-state index contributed by atoms with van der Waals surface area (Å²) in [7, 11) is 1.68. The molecule has 2 N–H and O–H groups in total. The van der Waals surface area contributed by atoms with Crippen molar-refractivity contribution < 1.29 is 13.2 Å². The van der Waals surface area contributed by atoms with E-state index in [-0.39, 0.29) is 24.0 Å². The smallest absolute Gasteiger partial charge is 0.356 e. The maximum atomic E-state index is 12.5. The zero-order chi connectivity index (χ0) is 18.1. The van der Waals surface area contributed by atoms with Gasteiger partial charge in [0.05, 0.1) is 11.9 Å². The van der Waals surface area contributed by atoms with E-state index in [1.807, 2.05) is 10.8 Å². The van der Waals surface area contributed by atoms with Gasteiger partial charge in [-0.15, -0.1) is 24.0 Å². The highest BCUT2D eigenvalue weighted by Gasteiger charge is 2.29. The van der Waals surface area contributed by atoms with Crippen LogP contribution in [-0.4, -0.2) is 35.6 Å². The molecule has 0 aliphatic rings. The second kappa shape index (κ2) is 11.0. The van der Waals surface area contributed by atoms with Gasteiger partial charge in [0.15, 0.2) is 5.96 Å². The fraction of sp³-hybridized carbons (Fsp3) is 0.412. The Kier molecular flexibility index (Phi) is 9.46. The van der Waals surface area contributed by atoms with Crippen LogP contribution >= 0.6 is 24.0 Å². The lowest BCUT2D eigenvalue weighted by molar-refractivity contribution is -0.137. The van der Waals surface area contributed by atoms with Gasteiger partial charge in [-0.2, -0.15) is 13.2 Å². The maximum absolute atomic E-state index is 12.5. The molecule has 0 saturated carbocycles. The second-order valence-electron chi connectivity index (χ2n) is 5.52. The number of rotatable bonds is 7. The van der Waals surface area contributed by atoms with E-state index in [1.165, 1.54) is 12.1 Å². The lowest BCUT2D eigenvalue weighted by atomic mass is 10.1. The van der Waals surface area contributed by atoms with Crippen molar-refractivity contribution in [2.45, 2.75) is 25.6 Å². The first-order valence-corrected chi connectivity index (χ1v) is 8.05. The van der Waals surface area contributed by atoms with Crippen molar-refractivity contribution >= 4 is 29.9 Å². The number of hydrogen-bond donors (Lipinski definition) is 2. The van der Waals surface area contributed by atoms with Gasteiger partial charge in [-0.3, -0.25) is 4.99 Å². The predicted octanol–water partition coefficient (Wildman–Crippen LogP) is 3.32. The summed E-state index contributed by atoms with van der Waals surface area (Å²) in [6, 6.07) is 5.23. The van der Waals surface area contributed by atoms with Crippen molar-refractivity contribution in [1.82, 2.24) is 20.2 Å². The van der Waals surface area contributed by atoms with Crippen molar-refractivity contribution in [3.63, 3.8) is 0 Å². The van der Waals surface area contributed by atoms with Gasteiger partial charge in [-0.25, -0.2) is 4.98 Å². The van der Waals surface area contributed by atoms with Crippen molar-refractivity contribution in [3.8, 4) is 0 Å². The van der Waals surface area contributed by atoms with Gasteiger partial charge in [-0.05, 0) is 30.5 Å². The number of aryl methyl sites for hydroxylation is 1. The van der Waals surface area contributed by atoms with E-state index < -0.39 is 11.7 Å². The van der Waals surface area contributed by atoms with Crippen LogP contribution in [0.4, 0.5) is 13.2 Å². The maximum Gasteiger partial charge on any atom is 0.416 e. The zero-order valence-electron chi connectivity index (χ0n) is 14.5. The summed E-state index contributed by atoms with van der Waals surface area (Å²) < 4.78 is 39.6. The fourth-order valence-electron chi connectivity index (χ4n) is 2.29. The number of guanidine groups is 1. The number of hydrogen-bond acceptors (Lipinski definition) is 2. The molecule has 0 atom stereocenters. The lowest BCUT2D eigenvalue weighted by Gasteiger charge is -2.12. The van der Waals surface area contributed by atoms with E-state index >= 15 is 0 Å². The van der Waals surface area contributed by atoms with E-state index in [1.54, 1.807) is 19.6 Å². The van der Waals surface area contributed by atoms with Crippen molar-refractivity contribution in [2.24, 2.45) is 4.99 Å². The normalized spacial score (nSPS) is 11.8. The third kappa shape index (κ3) is 7.63. The SMILES string of the molecule is CN=C(NCCCn1ccnc1)NCCc1ccc(C(F)(F)F)cc1.I. The number of imidazole rings is 1. The van der Waals surface area contributed by atoms with Gasteiger partial charge in [-0.1, -0.05) is 12.1 Å². The first-order chi connectivity index (χ1) is 12.0. The van der Waals surface area contributed by atoms with Crippen LogP contribution in [0.15, 0.2) is 48.0 Å². The number of alkyl halides is 3. The molecule has 5 nitrogen and oxygen atoms in total. The Balaban J connectivity index is 0.00000338. The molecule has 0 unspecified atom stereocenters. The Bertz CT molecular complexity index is 654. The highest BCUT2D eigenvalue weighted by Crippen LogP contribution is 2.29. The van der Waals surface area contributed by atoms with Crippen LogP contribution in [0.5, 0.6) is 0 Å². The molecule has 1 heterocycles. The molecule has 0 bridgehead atoms. The lowest BCUT2D eigenvalue weighted by Crippen LogP contribution is -2.38. The molecular weight excluding hydrogens is 458 g/mol. The standard InChI is InChI=1S/C17H22F3N5.HI/c1-21-16(23-8-2-11-25-12-10-22-13-25)24-9-7-14-3-5-15(6-4-14)17(18,19)20;/h3-6,10,12-13H,2,7-9,11H2,1H3,(H2,21,23,24);1H. The summed E-state index contributed by atoms with van der Waals surface area (Å²) in [5, 5.41) is 6.36. The number of nitrogens with zero attached hydrogens (tertiary/aromatic N) is 3. The van der Waals surface area contributed by atoms with E-state index in [0.29, 0.717) is 18.9 Å². The molecule has 0 aliphatic heterocycles. The molecule has 1 aromatic heterocycles. The van der Waals surface area contributed by atoms with Gasteiger partial charge in [0.2, 0.25) is 0 Å². The average Bonchev–Trinajstić information content (AvgIpc) is 3.10. The monoisotopic (exact) mass is 481 g/mol. The minimum Gasteiger partial charge on any atom is -0.356 e. The van der Waals surface area contributed by atoms with Gasteiger partial charge < -0.3 is 15.2 Å². The Labute approximate surface area is 168 Å². The molecule has 0 aliphatic carbocycles. The third-order valence-electron chi connectivity index (χ3n) is 3.66. The summed E-state index contributed by atoms with van der Waals surface area (Å²) in [5.41, 5.74) is 0.218. The molecule has 0 radical (unpaired) electrons. The molecule has 2 aromatic rings. The largest absolute Gasteiger partial charge is 0.416 e. The van der Waals surface area contributed by atoms with Gasteiger partial charge in [0.25, 0.3) is 0 Å². The van der Waals surface area contributed by atoms with Gasteiger partial charge in [0, 0.05) is 39.1 Å². The summed E-state index contributed by atoms with van der Waals surface area (Å²) >= 11 is 0. The molecule has 9 heteroatoms. The van der Waals surface area contributed by atoms with Crippen molar-refractivity contribution in [3.05, 3.63) is 54.1 Å². The zero-order valence-corrected chi connectivity index (χ0v) is 16.8. The topological polar surface area (TPSA) is 54.2 Å². The third-order valence-corrected chi connectivity index (χ3v) is 3.66. The van der Waals surface area contributed by atoms with Crippen LogP contribution in [0.2, 0.25) is 0 Å². The number of benzene rings is 1. The van der Waals surface area contributed by atoms with Crippen molar-refractivity contribution in [2.75, 3.05) is 20.1 Å². The van der Waals surface area contributed by atoms with Crippen LogP contribution in [-0.2, 0) is 19.1 Å². The van der Waals surface area contributed by atoms with Crippen molar-refractivity contribution in [1.29, 1.82) is 0 Å². The Morgan fingerprint density at radius 1 is 1.15 bits per heavy atom. The Morgan fingerprint density at radius 3 is 2.42 bits per heavy atom. The first kappa shape index (κ1) is 22.3. The minimum atomic E-state index is -4.29. The molecule has 2 rings (SSSR count). The molecule has 0 fully saturated rings. The predicted molar refractivity (Wildman–Crippen MR) is 107 cm³/mol. The Morgan fingerprint density at radius 2 is 1.85 bits per heavy atom. The first-order valence-electron chi connectivity index (χ1n) is 8.05. The number of nitrogens with one attached hydrogen (secondary N) is 2. The summed E-state index contributed by atoms with van der Waals surface area (Å²) in [5.74, 6) is 0.678. The number of halogens is 4. The van der Waals surface area contributed by atoms with Gasteiger partial charge in [0.1, 0.15) is 0 Å². The molecule has 144 valence electrons. The Hall–Kier alpha value is -1.78. The molecule has 0 spiro atoms. The summed E-state index contributed by atoms with van der Waals surface area (Å²) in [4.78, 5) is 8.11. The van der Waals surface area contributed by atoms with E-state index in [0.717, 1.165) is 37.2 Å². The summed E-state index contributed by atoms with van der Waals surface area (Å²) in [6.07, 6.45) is 2.69. The summed E-state index contributed by atoms with van der Waals surface area (Å²) in [6.45, 7) is 2.22. The molecule has 0 saturated heterocycles. The van der Waals surface area contributed by atoms with Gasteiger partial charge >= 0.3 is 6.18 Å². The molecule has 26 heavy (non-hydrogen) atoms. The average molecular weight is 481 g/mol. The fourth-order valence-corrected chi connectivity index (χ4v) is 2.29. The van der Waals surface area contributed by atoms with Crippen LogP contribution in [0, 0.1) is 0 Å². The number of aromatic nitrogens is 2. The van der Waals surface area contributed by atoms with Crippen LogP contribution in [0.25, 0.3) is 0 Å². The molecular formula is C17H23F3IN5.